The predicted molar refractivity (Wildman–Crippen MR) is 76.8 cm³/mol. The van der Waals surface area contributed by atoms with Crippen molar-refractivity contribution in [1.29, 1.82) is 0 Å². The molecule has 1 unspecified atom stereocenters. The van der Waals surface area contributed by atoms with Crippen molar-refractivity contribution in [2.45, 2.75) is 13.0 Å². The van der Waals surface area contributed by atoms with E-state index in [1.807, 2.05) is 36.1 Å². The van der Waals surface area contributed by atoms with Crippen LogP contribution in [0, 0.1) is 0 Å². The Morgan fingerprint density at radius 1 is 1.21 bits per heavy atom. The molecular formula is C16H16N2O. The van der Waals surface area contributed by atoms with Crippen molar-refractivity contribution in [2.75, 3.05) is 0 Å². The van der Waals surface area contributed by atoms with Crippen LogP contribution < -0.4 is 0 Å². The first-order valence-electron chi connectivity index (χ1n) is 6.34. The fourth-order valence-corrected chi connectivity index (χ4v) is 2.47. The number of nitrogens with zero attached hydrogens (tertiary/aromatic N) is 2. The molecule has 3 rings (SSSR count). The van der Waals surface area contributed by atoms with E-state index in [1.165, 1.54) is 0 Å². The number of benzene rings is 1. The average Bonchev–Trinajstić information content (AvgIpc) is 2.77. The molecule has 2 aromatic heterocycles. The van der Waals surface area contributed by atoms with Crippen molar-refractivity contribution < 1.29 is 5.11 Å². The summed E-state index contributed by atoms with van der Waals surface area (Å²) in [5, 5.41) is 11.0. The summed E-state index contributed by atoms with van der Waals surface area (Å²) in [4.78, 5) is 4.15. The lowest BCUT2D eigenvalue weighted by atomic mass is 10.0. The fourth-order valence-electron chi connectivity index (χ4n) is 2.47. The first-order chi connectivity index (χ1) is 9.16. The normalized spacial score (nSPS) is 12.8. The van der Waals surface area contributed by atoms with Gasteiger partial charge in [0.1, 0.15) is 0 Å². The van der Waals surface area contributed by atoms with Gasteiger partial charge in [-0.3, -0.25) is 4.98 Å². The zero-order valence-corrected chi connectivity index (χ0v) is 11.0. The van der Waals surface area contributed by atoms with Crippen LogP contribution >= 0.6 is 0 Å². The minimum atomic E-state index is -0.465. The molecular weight excluding hydrogens is 236 g/mol. The molecule has 0 saturated heterocycles. The van der Waals surface area contributed by atoms with Crippen LogP contribution in [0.15, 0.2) is 48.9 Å². The first kappa shape index (κ1) is 11.9. The van der Waals surface area contributed by atoms with Gasteiger partial charge < -0.3 is 9.67 Å². The number of hydrogen-bond donors (Lipinski definition) is 1. The lowest BCUT2D eigenvalue weighted by Gasteiger charge is -2.05. The van der Waals surface area contributed by atoms with E-state index in [1.54, 1.807) is 13.1 Å². The number of pyridine rings is 1. The van der Waals surface area contributed by atoms with Gasteiger partial charge in [-0.1, -0.05) is 12.1 Å². The van der Waals surface area contributed by atoms with E-state index in [2.05, 4.69) is 23.2 Å². The summed E-state index contributed by atoms with van der Waals surface area (Å²) in [6.07, 6.45) is 5.15. The second kappa shape index (κ2) is 4.52. The highest BCUT2D eigenvalue weighted by atomic mass is 16.3. The van der Waals surface area contributed by atoms with Crippen molar-refractivity contribution in [3.63, 3.8) is 0 Å². The molecule has 0 bridgehead atoms. The molecule has 1 aromatic carbocycles. The highest BCUT2D eigenvalue weighted by Gasteiger charge is 2.11. The molecule has 0 radical (unpaired) electrons. The number of aliphatic hydroxyl groups excluding tert-OH is 1. The monoisotopic (exact) mass is 252 g/mol. The van der Waals surface area contributed by atoms with Gasteiger partial charge in [0.2, 0.25) is 0 Å². The van der Waals surface area contributed by atoms with Gasteiger partial charge in [-0.25, -0.2) is 0 Å². The third-order valence-electron chi connectivity index (χ3n) is 3.47. The second-order valence-corrected chi connectivity index (χ2v) is 4.84. The van der Waals surface area contributed by atoms with Gasteiger partial charge in [0.05, 0.1) is 6.10 Å². The third kappa shape index (κ3) is 2.02. The Morgan fingerprint density at radius 2 is 2.05 bits per heavy atom. The van der Waals surface area contributed by atoms with Crippen molar-refractivity contribution >= 4 is 10.9 Å². The number of aromatic nitrogens is 2. The summed E-state index contributed by atoms with van der Waals surface area (Å²) in [6.45, 7) is 1.80. The lowest BCUT2D eigenvalue weighted by molar-refractivity contribution is 0.200. The molecule has 1 atom stereocenters. The third-order valence-corrected chi connectivity index (χ3v) is 3.47. The molecule has 3 nitrogen and oxygen atoms in total. The zero-order chi connectivity index (χ0) is 13.4. The maximum absolute atomic E-state index is 9.87. The van der Waals surface area contributed by atoms with Gasteiger partial charge in [0.15, 0.2) is 0 Å². The molecule has 0 amide bonds. The Bertz CT molecular complexity index is 714. The van der Waals surface area contributed by atoms with E-state index < -0.39 is 6.10 Å². The van der Waals surface area contributed by atoms with Crippen molar-refractivity contribution in [3.05, 3.63) is 54.5 Å². The van der Waals surface area contributed by atoms with Crippen molar-refractivity contribution in [2.24, 2.45) is 7.05 Å². The van der Waals surface area contributed by atoms with E-state index in [-0.39, 0.29) is 0 Å². The van der Waals surface area contributed by atoms with E-state index in [0.29, 0.717) is 0 Å². The number of rotatable bonds is 2. The number of hydrogen-bond acceptors (Lipinski definition) is 2. The van der Waals surface area contributed by atoms with Gasteiger partial charge in [-0.05, 0) is 30.7 Å². The molecule has 3 heteroatoms. The second-order valence-electron chi connectivity index (χ2n) is 4.84. The number of fused-ring (bicyclic) bond motifs is 1. The molecule has 0 saturated carbocycles. The van der Waals surface area contributed by atoms with Crippen LogP contribution in [-0.2, 0) is 7.05 Å². The molecule has 2 heterocycles. The summed E-state index contributed by atoms with van der Waals surface area (Å²) in [7, 11) is 2.00. The summed E-state index contributed by atoms with van der Waals surface area (Å²) >= 11 is 0. The molecule has 0 aliphatic rings. The topological polar surface area (TPSA) is 38.0 Å². The highest BCUT2D eigenvalue weighted by Crippen LogP contribution is 2.30. The van der Waals surface area contributed by atoms with Gasteiger partial charge in [0.25, 0.3) is 0 Å². The van der Waals surface area contributed by atoms with Crippen LogP contribution in [0.3, 0.4) is 0 Å². The maximum Gasteiger partial charge on any atom is 0.0782 e. The van der Waals surface area contributed by atoms with E-state index in [0.717, 1.165) is 27.6 Å². The molecule has 96 valence electrons. The molecule has 0 aliphatic heterocycles. The first-order valence-corrected chi connectivity index (χ1v) is 6.34. The van der Waals surface area contributed by atoms with Crippen molar-refractivity contribution in [3.8, 4) is 11.1 Å². The Kier molecular flexibility index (Phi) is 2.84. The Hall–Kier alpha value is -2.13. The molecule has 3 aromatic rings. The van der Waals surface area contributed by atoms with Gasteiger partial charge in [-0.15, -0.1) is 0 Å². The van der Waals surface area contributed by atoms with E-state index in [9.17, 15) is 5.11 Å². The standard InChI is InChI=1S/C16H16N2O/c1-11(19)15-10-18(2)16-6-5-12(8-14(15)16)13-4-3-7-17-9-13/h3-11,19H,1-2H3. The summed E-state index contributed by atoms with van der Waals surface area (Å²) in [5.74, 6) is 0. The minimum Gasteiger partial charge on any atom is -0.389 e. The van der Waals surface area contributed by atoms with Crippen molar-refractivity contribution in [1.82, 2.24) is 9.55 Å². The summed E-state index contributed by atoms with van der Waals surface area (Å²) in [5.41, 5.74) is 4.30. The lowest BCUT2D eigenvalue weighted by Crippen LogP contribution is -1.88. The van der Waals surface area contributed by atoms with Gasteiger partial charge >= 0.3 is 0 Å². The Balaban J connectivity index is 2.23. The molecule has 0 spiro atoms. The van der Waals surface area contributed by atoms with E-state index >= 15 is 0 Å². The van der Waals surface area contributed by atoms with Gasteiger partial charge in [0, 0.05) is 47.7 Å². The van der Waals surface area contributed by atoms with Crippen LogP contribution in [-0.4, -0.2) is 14.7 Å². The highest BCUT2D eigenvalue weighted by molar-refractivity contribution is 5.88. The molecule has 1 N–H and O–H groups in total. The average molecular weight is 252 g/mol. The van der Waals surface area contributed by atoms with Crippen LogP contribution in [0.5, 0.6) is 0 Å². The predicted octanol–water partition coefficient (Wildman–Crippen LogP) is 3.29. The maximum atomic E-state index is 9.87. The quantitative estimate of drug-likeness (QED) is 0.760. The Morgan fingerprint density at radius 3 is 2.74 bits per heavy atom. The summed E-state index contributed by atoms with van der Waals surface area (Å²) in [6, 6.07) is 10.3. The van der Waals surface area contributed by atoms with Crippen LogP contribution in [0.4, 0.5) is 0 Å². The molecule has 0 fully saturated rings. The van der Waals surface area contributed by atoms with Crippen LogP contribution in [0.25, 0.3) is 22.0 Å². The molecule has 0 aliphatic carbocycles. The largest absolute Gasteiger partial charge is 0.389 e. The van der Waals surface area contributed by atoms with E-state index in [4.69, 9.17) is 0 Å². The summed E-state index contributed by atoms with van der Waals surface area (Å²) < 4.78 is 2.05. The SMILES string of the molecule is CC(O)c1cn(C)c2ccc(-c3cccnc3)cc12. The zero-order valence-electron chi connectivity index (χ0n) is 11.0. The van der Waals surface area contributed by atoms with Crippen LogP contribution in [0.1, 0.15) is 18.6 Å². The van der Waals surface area contributed by atoms with Crippen LogP contribution in [0.2, 0.25) is 0 Å². The number of aryl methyl sites for hydroxylation is 1. The van der Waals surface area contributed by atoms with Gasteiger partial charge in [-0.2, -0.15) is 0 Å². The minimum absolute atomic E-state index is 0.465. The number of aliphatic hydroxyl groups is 1. The fraction of sp³-hybridized carbons (Fsp3) is 0.188. The molecule has 19 heavy (non-hydrogen) atoms. The Labute approximate surface area is 112 Å². The smallest absolute Gasteiger partial charge is 0.0782 e.